The molecule has 4 heteroatoms. The van der Waals surface area contributed by atoms with Crippen LogP contribution in [0.2, 0.25) is 0 Å². The van der Waals surface area contributed by atoms with Crippen molar-refractivity contribution in [1.82, 2.24) is 9.88 Å². The van der Waals surface area contributed by atoms with E-state index in [0.717, 1.165) is 5.69 Å². The zero-order chi connectivity index (χ0) is 15.8. The van der Waals surface area contributed by atoms with Crippen molar-refractivity contribution in [3.05, 3.63) is 24.0 Å². The number of pyridine rings is 1. The summed E-state index contributed by atoms with van der Waals surface area (Å²) in [6.45, 7) is 14.5. The van der Waals surface area contributed by atoms with E-state index < -0.39 is 0 Å². The van der Waals surface area contributed by atoms with E-state index in [1.807, 2.05) is 26.0 Å². The molecule has 1 fully saturated rings. The summed E-state index contributed by atoms with van der Waals surface area (Å²) in [6.07, 6.45) is 1.71. The zero-order valence-electron chi connectivity index (χ0n) is 14.0. The monoisotopic (exact) mass is 289 g/mol. The van der Waals surface area contributed by atoms with Gasteiger partial charge in [0.25, 0.3) is 5.91 Å². The van der Waals surface area contributed by atoms with Crippen molar-refractivity contribution in [1.29, 1.82) is 0 Å². The van der Waals surface area contributed by atoms with Crippen LogP contribution in [0.5, 0.6) is 0 Å². The number of anilines is 1. The van der Waals surface area contributed by atoms with Crippen LogP contribution in [0.3, 0.4) is 0 Å². The summed E-state index contributed by atoms with van der Waals surface area (Å²) < 4.78 is 0. The predicted octanol–water partition coefficient (Wildman–Crippen LogP) is 3.41. The third-order valence-electron chi connectivity index (χ3n) is 5.36. The van der Waals surface area contributed by atoms with Crippen LogP contribution in [0.15, 0.2) is 18.3 Å². The van der Waals surface area contributed by atoms with Gasteiger partial charge in [0.1, 0.15) is 5.69 Å². The molecule has 0 saturated heterocycles. The van der Waals surface area contributed by atoms with Crippen molar-refractivity contribution in [3.8, 4) is 0 Å². The fraction of sp³-hybridized carbons (Fsp3) is 0.647. The number of carbonyl (C=O) groups is 1. The van der Waals surface area contributed by atoms with Gasteiger partial charge in [0.05, 0.1) is 0 Å². The SMILES string of the molecule is CCN(CC)C(=O)c1cc(NC2C(C)(C)C2(C)C)ccn1. The molecule has 1 aliphatic carbocycles. The van der Waals surface area contributed by atoms with Gasteiger partial charge >= 0.3 is 0 Å². The second-order valence-electron chi connectivity index (χ2n) is 6.93. The molecule has 0 spiro atoms. The Labute approximate surface area is 127 Å². The Hall–Kier alpha value is -1.58. The van der Waals surface area contributed by atoms with Crippen LogP contribution < -0.4 is 5.32 Å². The summed E-state index contributed by atoms with van der Waals surface area (Å²) in [7, 11) is 0. The second kappa shape index (κ2) is 5.32. The number of carbonyl (C=O) groups excluding carboxylic acids is 1. The van der Waals surface area contributed by atoms with Crippen molar-refractivity contribution in [2.75, 3.05) is 18.4 Å². The first-order valence-corrected chi connectivity index (χ1v) is 7.77. The van der Waals surface area contributed by atoms with Crippen molar-refractivity contribution in [2.24, 2.45) is 10.8 Å². The van der Waals surface area contributed by atoms with E-state index in [4.69, 9.17) is 0 Å². The number of hydrogen-bond donors (Lipinski definition) is 1. The average Bonchev–Trinajstić information content (AvgIpc) is 2.83. The first-order valence-electron chi connectivity index (χ1n) is 7.77. The minimum atomic E-state index is -0.00188. The van der Waals surface area contributed by atoms with Gasteiger partial charge in [0.15, 0.2) is 0 Å². The second-order valence-corrected chi connectivity index (χ2v) is 6.93. The van der Waals surface area contributed by atoms with Crippen molar-refractivity contribution < 1.29 is 4.79 Å². The molecule has 1 aliphatic rings. The topological polar surface area (TPSA) is 45.2 Å². The lowest BCUT2D eigenvalue weighted by Crippen LogP contribution is -2.31. The summed E-state index contributed by atoms with van der Waals surface area (Å²) in [6, 6.07) is 4.22. The average molecular weight is 289 g/mol. The van der Waals surface area contributed by atoms with Crippen molar-refractivity contribution >= 4 is 11.6 Å². The largest absolute Gasteiger partial charge is 0.381 e. The van der Waals surface area contributed by atoms with Gasteiger partial charge in [-0.05, 0) is 36.8 Å². The minimum absolute atomic E-state index is 0.00188. The number of nitrogens with zero attached hydrogens (tertiary/aromatic N) is 2. The standard InChI is InChI=1S/C17H27N3O/c1-7-20(8-2)14(21)13-11-12(9-10-18-13)19-15-16(3,4)17(15,5)6/h9-11,15H,7-8H2,1-6H3,(H,18,19). The molecule has 1 aromatic rings. The van der Waals surface area contributed by atoms with Gasteiger partial charge in [-0.15, -0.1) is 0 Å². The molecule has 1 heterocycles. The summed E-state index contributed by atoms with van der Waals surface area (Å²) in [4.78, 5) is 18.4. The maximum Gasteiger partial charge on any atom is 0.272 e. The number of rotatable bonds is 5. The summed E-state index contributed by atoms with van der Waals surface area (Å²) in [5.41, 5.74) is 2.02. The molecule has 0 atom stereocenters. The summed E-state index contributed by atoms with van der Waals surface area (Å²) in [5, 5.41) is 3.56. The third-order valence-corrected chi connectivity index (χ3v) is 5.36. The smallest absolute Gasteiger partial charge is 0.272 e. The quantitative estimate of drug-likeness (QED) is 0.903. The fourth-order valence-electron chi connectivity index (χ4n) is 3.03. The van der Waals surface area contributed by atoms with Gasteiger partial charge < -0.3 is 10.2 Å². The number of aromatic nitrogens is 1. The molecular weight excluding hydrogens is 262 g/mol. The van der Waals surface area contributed by atoms with Gasteiger partial charge in [0, 0.05) is 31.0 Å². The summed E-state index contributed by atoms with van der Waals surface area (Å²) in [5.74, 6) is -0.00188. The van der Waals surface area contributed by atoms with E-state index in [1.54, 1.807) is 11.1 Å². The van der Waals surface area contributed by atoms with E-state index in [2.05, 4.69) is 38.0 Å². The van der Waals surface area contributed by atoms with Crippen LogP contribution >= 0.6 is 0 Å². The Bertz CT molecular complexity index is 519. The van der Waals surface area contributed by atoms with Gasteiger partial charge in [-0.2, -0.15) is 0 Å². The molecule has 0 aliphatic heterocycles. The molecule has 0 radical (unpaired) electrons. The highest BCUT2D eigenvalue weighted by Gasteiger charge is 2.64. The van der Waals surface area contributed by atoms with E-state index in [-0.39, 0.29) is 16.7 Å². The molecule has 1 saturated carbocycles. The first-order chi connectivity index (χ1) is 9.75. The third kappa shape index (κ3) is 2.63. The van der Waals surface area contributed by atoms with Crippen LogP contribution in [-0.2, 0) is 0 Å². The highest BCUT2D eigenvalue weighted by atomic mass is 16.2. The van der Waals surface area contributed by atoms with E-state index in [1.165, 1.54) is 0 Å². The lowest BCUT2D eigenvalue weighted by Gasteiger charge is -2.18. The lowest BCUT2D eigenvalue weighted by molar-refractivity contribution is 0.0767. The molecule has 116 valence electrons. The van der Waals surface area contributed by atoms with Crippen molar-refractivity contribution in [2.45, 2.75) is 47.6 Å². The van der Waals surface area contributed by atoms with Crippen LogP contribution in [-0.4, -0.2) is 34.9 Å². The van der Waals surface area contributed by atoms with Crippen molar-refractivity contribution in [3.63, 3.8) is 0 Å². The molecule has 0 bridgehead atoms. The molecule has 0 aromatic carbocycles. The van der Waals surface area contributed by atoms with Gasteiger partial charge in [-0.3, -0.25) is 9.78 Å². The van der Waals surface area contributed by atoms with E-state index in [0.29, 0.717) is 24.8 Å². The maximum absolute atomic E-state index is 12.4. The van der Waals surface area contributed by atoms with Crippen LogP contribution in [0, 0.1) is 10.8 Å². The molecular formula is C17H27N3O. The zero-order valence-corrected chi connectivity index (χ0v) is 14.0. The minimum Gasteiger partial charge on any atom is -0.381 e. The highest BCUT2D eigenvalue weighted by molar-refractivity contribution is 5.93. The molecule has 4 nitrogen and oxygen atoms in total. The molecule has 21 heavy (non-hydrogen) atoms. The number of hydrogen-bond acceptors (Lipinski definition) is 3. The Balaban J connectivity index is 2.14. The molecule has 1 amide bonds. The maximum atomic E-state index is 12.4. The Morgan fingerprint density at radius 1 is 1.24 bits per heavy atom. The Kier molecular flexibility index (Phi) is 4.00. The van der Waals surface area contributed by atoms with Gasteiger partial charge in [-0.1, -0.05) is 27.7 Å². The van der Waals surface area contributed by atoms with Crippen LogP contribution in [0.25, 0.3) is 0 Å². The molecule has 0 unspecified atom stereocenters. The van der Waals surface area contributed by atoms with E-state index in [9.17, 15) is 4.79 Å². The van der Waals surface area contributed by atoms with Gasteiger partial charge in [0.2, 0.25) is 0 Å². The van der Waals surface area contributed by atoms with Crippen LogP contribution in [0.1, 0.15) is 52.0 Å². The molecule has 1 aromatic heterocycles. The summed E-state index contributed by atoms with van der Waals surface area (Å²) >= 11 is 0. The number of nitrogens with one attached hydrogen (secondary N) is 1. The molecule has 1 N–H and O–H groups in total. The lowest BCUT2D eigenvalue weighted by atomic mass is 10.0. The first kappa shape index (κ1) is 15.8. The highest BCUT2D eigenvalue weighted by Crippen LogP contribution is 2.63. The normalized spacial score (nSPS) is 19.1. The fourth-order valence-corrected chi connectivity index (χ4v) is 3.03. The van der Waals surface area contributed by atoms with Crippen LogP contribution in [0.4, 0.5) is 5.69 Å². The van der Waals surface area contributed by atoms with Gasteiger partial charge in [-0.25, -0.2) is 0 Å². The number of amides is 1. The molecule has 2 rings (SSSR count). The Morgan fingerprint density at radius 2 is 1.81 bits per heavy atom. The Morgan fingerprint density at radius 3 is 2.29 bits per heavy atom. The predicted molar refractivity (Wildman–Crippen MR) is 86.5 cm³/mol. The van der Waals surface area contributed by atoms with E-state index >= 15 is 0 Å².